The Morgan fingerprint density at radius 1 is 0.778 bits per heavy atom. The van der Waals surface area contributed by atoms with Crippen molar-refractivity contribution in [2.45, 2.75) is 12.8 Å². The van der Waals surface area contributed by atoms with Crippen LogP contribution in [0, 0.1) is 6.92 Å². The highest BCUT2D eigenvalue weighted by atomic mass is 32.1. The van der Waals surface area contributed by atoms with Gasteiger partial charge in [-0.15, -0.1) is 11.3 Å². The maximum atomic E-state index is 5.28. The molecule has 3 aromatic carbocycles. The van der Waals surface area contributed by atoms with Gasteiger partial charge in [-0.1, -0.05) is 60.7 Å². The smallest absolute Gasteiger partial charge is 0.118 e. The molecule has 3 heteroatoms. The minimum Gasteiger partial charge on any atom is -0.497 e. The third-order valence-corrected chi connectivity index (χ3v) is 5.73. The minimum absolute atomic E-state index is 0.142. The van der Waals surface area contributed by atoms with Crippen molar-refractivity contribution in [1.29, 1.82) is 0 Å². The van der Waals surface area contributed by atoms with Crippen molar-refractivity contribution in [3.05, 3.63) is 106 Å². The van der Waals surface area contributed by atoms with Crippen molar-refractivity contribution in [2.75, 3.05) is 7.11 Å². The molecule has 0 amide bonds. The molecule has 27 heavy (non-hydrogen) atoms. The number of hydrogen-bond donors (Lipinski definition) is 0. The number of thiazole rings is 1. The van der Waals surface area contributed by atoms with Gasteiger partial charge in [0.05, 0.1) is 18.7 Å². The fraction of sp³-hybridized carbons (Fsp3) is 0.125. The Labute approximate surface area is 164 Å². The molecule has 0 fully saturated rings. The van der Waals surface area contributed by atoms with Crippen molar-refractivity contribution >= 4 is 11.3 Å². The van der Waals surface area contributed by atoms with E-state index in [0.29, 0.717) is 0 Å². The molecule has 4 rings (SSSR count). The summed E-state index contributed by atoms with van der Waals surface area (Å²) in [6.45, 7) is 2.15. The lowest BCUT2D eigenvalue weighted by atomic mass is 9.92. The molecule has 0 radical (unpaired) electrons. The first-order chi connectivity index (χ1) is 13.3. The molecule has 0 bridgehead atoms. The zero-order chi connectivity index (χ0) is 18.6. The van der Waals surface area contributed by atoms with Crippen LogP contribution in [0.4, 0.5) is 0 Å². The lowest BCUT2D eigenvalue weighted by Gasteiger charge is -2.15. The zero-order valence-corrected chi connectivity index (χ0v) is 16.2. The number of nitrogens with zero attached hydrogens (tertiary/aromatic N) is 1. The highest BCUT2D eigenvalue weighted by molar-refractivity contribution is 7.12. The molecule has 0 N–H and O–H groups in total. The van der Waals surface area contributed by atoms with Crippen molar-refractivity contribution in [1.82, 2.24) is 4.98 Å². The molecular weight excluding hydrogens is 350 g/mol. The highest BCUT2D eigenvalue weighted by Crippen LogP contribution is 2.38. The largest absolute Gasteiger partial charge is 0.497 e. The number of methoxy groups -OCH3 is 1. The molecule has 0 spiro atoms. The molecule has 0 aliphatic heterocycles. The summed E-state index contributed by atoms with van der Waals surface area (Å²) in [6.07, 6.45) is 0. The highest BCUT2D eigenvalue weighted by Gasteiger charge is 2.22. The Hall–Kier alpha value is -2.91. The van der Waals surface area contributed by atoms with Crippen LogP contribution in [-0.2, 0) is 0 Å². The lowest BCUT2D eigenvalue weighted by Crippen LogP contribution is -2.02. The van der Waals surface area contributed by atoms with E-state index in [-0.39, 0.29) is 5.92 Å². The molecule has 1 aromatic heterocycles. The van der Waals surface area contributed by atoms with Gasteiger partial charge in [-0.05, 0) is 42.3 Å². The van der Waals surface area contributed by atoms with Crippen molar-refractivity contribution in [3.63, 3.8) is 0 Å². The Balaban J connectivity index is 1.79. The molecule has 0 saturated carbocycles. The maximum absolute atomic E-state index is 5.28. The monoisotopic (exact) mass is 371 g/mol. The fourth-order valence-corrected chi connectivity index (χ4v) is 4.43. The number of hydrogen-bond acceptors (Lipinski definition) is 3. The molecular formula is C24H21NOS. The van der Waals surface area contributed by atoms with E-state index in [4.69, 9.17) is 9.72 Å². The lowest BCUT2D eigenvalue weighted by molar-refractivity contribution is 0.415. The van der Waals surface area contributed by atoms with Crippen LogP contribution in [-0.4, -0.2) is 12.1 Å². The van der Waals surface area contributed by atoms with Crippen molar-refractivity contribution in [3.8, 4) is 17.0 Å². The first-order valence-corrected chi connectivity index (χ1v) is 9.79. The summed E-state index contributed by atoms with van der Waals surface area (Å²) in [5.41, 5.74) is 4.70. The first-order valence-electron chi connectivity index (χ1n) is 8.98. The molecule has 0 saturated heterocycles. The van der Waals surface area contributed by atoms with Crippen LogP contribution >= 0.6 is 11.3 Å². The van der Waals surface area contributed by atoms with E-state index in [1.807, 2.05) is 12.1 Å². The van der Waals surface area contributed by atoms with Gasteiger partial charge in [0.2, 0.25) is 0 Å². The van der Waals surface area contributed by atoms with E-state index in [1.165, 1.54) is 16.0 Å². The first kappa shape index (κ1) is 17.5. The molecule has 0 atom stereocenters. The van der Waals surface area contributed by atoms with Crippen LogP contribution in [0.1, 0.15) is 26.9 Å². The van der Waals surface area contributed by atoms with E-state index in [9.17, 15) is 0 Å². The summed E-state index contributed by atoms with van der Waals surface area (Å²) in [5, 5.41) is 1.12. The van der Waals surface area contributed by atoms with E-state index in [0.717, 1.165) is 22.0 Å². The Bertz CT molecular complexity index is 968. The molecule has 2 nitrogen and oxygen atoms in total. The SMILES string of the molecule is COc1ccc(-c2nc(C(c3ccccc3)c3ccccc3)sc2C)cc1. The number of ether oxygens (including phenoxy) is 1. The van der Waals surface area contributed by atoms with Crippen LogP contribution in [0.5, 0.6) is 5.75 Å². The Morgan fingerprint density at radius 3 is 1.85 bits per heavy atom. The molecule has 0 aliphatic rings. The van der Waals surface area contributed by atoms with Gasteiger partial charge in [0, 0.05) is 10.4 Å². The van der Waals surface area contributed by atoms with E-state index in [1.54, 1.807) is 18.4 Å². The summed E-state index contributed by atoms with van der Waals surface area (Å²) >= 11 is 1.77. The summed E-state index contributed by atoms with van der Waals surface area (Å²) in [6, 6.07) is 29.3. The minimum atomic E-state index is 0.142. The molecule has 4 aromatic rings. The van der Waals surface area contributed by atoms with Gasteiger partial charge in [0.25, 0.3) is 0 Å². The van der Waals surface area contributed by atoms with Gasteiger partial charge < -0.3 is 4.74 Å². The van der Waals surface area contributed by atoms with Gasteiger partial charge in [0.1, 0.15) is 10.8 Å². The predicted octanol–water partition coefficient (Wildman–Crippen LogP) is 6.31. The summed E-state index contributed by atoms with van der Waals surface area (Å²) in [4.78, 5) is 6.30. The van der Waals surface area contributed by atoms with Crippen molar-refractivity contribution in [2.24, 2.45) is 0 Å². The zero-order valence-electron chi connectivity index (χ0n) is 15.4. The average Bonchev–Trinajstić information content (AvgIpc) is 3.11. The number of aromatic nitrogens is 1. The summed E-state index contributed by atoms with van der Waals surface area (Å²) < 4.78 is 5.28. The predicted molar refractivity (Wildman–Crippen MR) is 113 cm³/mol. The molecule has 1 heterocycles. The average molecular weight is 372 g/mol. The second kappa shape index (κ2) is 7.77. The van der Waals surface area contributed by atoms with E-state index < -0.39 is 0 Å². The molecule has 134 valence electrons. The van der Waals surface area contributed by atoms with E-state index >= 15 is 0 Å². The van der Waals surface area contributed by atoms with Crippen LogP contribution in [0.3, 0.4) is 0 Å². The van der Waals surface area contributed by atoms with Gasteiger partial charge in [0.15, 0.2) is 0 Å². The quantitative estimate of drug-likeness (QED) is 0.410. The third kappa shape index (κ3) is 3.64. The van der Waals surface area contributed by atoms with Crippen LogP contribution in [0.15, 0.2) is 84.9 Å². The van der Waals surface area contributed by atoms with Gasteiger partial charge in [-0.25, -0.2) is 4.98 Å². The topological polar surface area (TPSA) is 22.1 Å². The normalized spacial score (nSPS) is 10.9. The van der Waals surface area contributed by atoms with Gasteiger partial charge >= 0.3 is 0 Å². The number of rotatable bonds is 5. The summed E-state index contributed by atoms with van der Waals surface area (Å²) in [7, 11) is 1.69. The van der Waals surface area contributed by atoms with Crippen LogP contribution < -0.4 is 4.74 Å². The second-order valence-electron chi connectivity index (χ2n) is 6.44. The molecule has 0 unspecified atom stereocenters. The third-order valence-electron chi connectivity index (χ3n) is 4.69. The van der Waals surface area contributed by atoms with Crippen LogP contribution in [0.2, 0.25) is 0 Å². The Morgan fingerprint density at radius 2 is 1.33 bits per heavy atom. The van der Waals surface area contributed by atoms with Gasteiger partial charge in [-0.3, -0.25) is 0 Å². The fourth-order valence-electron chi connectivity index (χ4n) is 3.33. The van der Waals surface area contributed by atoms with Gasteiger partial charge in [-0.2, -0.15) is 0 Å². The number of benzene rings is 3. The van der Waals surface area contributed by atoms with Crippen molar-refractivity contribution < 1.29 is 4.74 Å². The second-order valence-corrected chi connectivity index (χ2v) is 7.67. The van der Waals surface area contributed by atoms with Crippen LogP contribution in [0.25, 0.3) is 11.3 Å². The standard InChI is InChI=1S/C24H21NOS/c1-17-23(20-13-15-21(26-2)16-14-20)25-24(27-17)22(18-9-5-3-6-10-18)19-11-7-4-8-12-19/h3-16,22H,1-2H3. The maximum Gasteiger partial charge on any atom is 0.118 e. The Kier molecular flexibility index (Phi) is 5.03. The van der Waals surface area contributed by atoms with E-state index in [2.05, 4.69) is 79.7 Å². The summed E-state index contributed by atoms with van der Waals surface area (Å²) in [5.74, 6) is 1.00. The molecule has 0 aliphatic carbocycles. The number of aryl methyl sites for hydroxylation is 1.